The molecule has 110 valence electrons. The molecule has 2 saturated heterocycles. The van der Waals surface area contributed by atoms with Crippen LogP contribution in [0.2, 0.25) is 0 Å². The van der Waals surface area contributed by atoms with E-state index in [1.165, 1.54) is 32.1 Å². The third kappa shape index (κ3) is 3.14. The molecule has 0 amide bonds. The van der Waals surface area contributed by atoms with E-state index < -0.39 is 10.0 Å². The van der Waals surface area contributed by atoms with Crippen molar-refractivity contribution in [2.75, 3.05) is 25.4 Å². The van der Waals surface area contributed by atoms with E-state index in [1.54, 1.807) is 4.31 Å². The quantitative estimate of drug-likeness (QED) is 0.857. The van der Waals surface area contributed by atoms with Gasteiger partial charge < -0.3 is 5.32 Å². The van der Waals surface area contributed by atoms with Crippen LogP contribution in [0.15, 0.2) is 0 Å². The topological polar surface area (TPSA) is 49.4 Å². The van der Waals surface area contributed by atoms with E-state index >= 15 is 0 Å². The van der Waals surface area contributed by atoms with Crippen molar-refractivity contribution in [2.24, 2.45) is 11.8 Å². The zero-order valence-corrected chi connectivity index (χ0v) is 12.5. The van der Waals surface area contributed by atoms with Crippen LogP contribution < -0.4 is 5.32 Å². The van der Waals surface area contributed by atoms with Gasteiger partial charge in [-0.05, 0) is 44.1 Å². The number of hydrogen-bond acceptors (Lipinski definition) is 3. The molecule has 2 unspecified atom stereocenters. The van der Waals surface area contributed by atoms with Crippen molar-refractivity contribution >= 4 is 10.0 Å². The number of piperidine rings is 1. The fourth-order valence-corrected chi connectivity index (χ4v) is 5.94. The van der Waals surface area contributed by atoms with Crippen LogP contribution in [0.25, 0.3) is 0 Å². The predicted octanol–water partition coefficient (Wildman–Crippen LogP) is 1.58. The number of nitrogens with zero attached hydrogens (tertiary/aromatic N) is 1. The minimum Gasteiger partial charge on any atom is -0.312 e. The van der Waals surface area contributed by atoms with Gasteiger partial charge in [-0.2, -0.15) is 0 Å². The second kappa shape index (κ2) is 5.70. The summed E-state index contributed by atoms with van der Waals surface area (Å²) in [6, 6.07) is 0.412. The molecule has 0 bridgehead atoms. The summed E-state index contributed by atoms with van der Waals surface area (Å²) >= 11 is 0. The largest absolute Gasteiger partial charge is 0.312 e. The van der Waals surface area contributed by atoms with Crippen molar-refractivity contribution in [1.29, 1.82) is 0 Å². The van der Waals surface area contributed by atoms with Gasteiger partial charge in [0.05, 0.1) is 5.75 Å². The summed E-state index contributed by atoms with van der Waals surface area (Å²) in [5, 5.41) is 3.48. The van der Waals surface area contributed by atoms with Gasteiger partial charge in [0, 0.05) is 19.1 Å². The first-order valence-corrected chi connectivity index (χ1v) is 9.47. The molecule has 1 aliphatic carbocycles. The van der Waals surface area contributed by atoms with Crippen molar-refractivity contribution in [1.82, 2.24) is 9.62 Å². The maximum Gasteiger partial charge on any atom is 0.214 e. The second-order valence-corrected chi connectivity index (χ2v) is 8.58. The molecule has 3 fully saturated rings. The Kier molecular flexibility index (Phi) is 4.15. The Bertz CT molecular complexity index is 390. The van der Waals surface area contributed by atoms with Gasteiger partial charge >= 0.3 is 0 Å². The Morgan fingerprint density at radius 2 is 1.79 bits per heavy atom. The fraction of sp³-hybridized carbons (Fsp3) is 1.00. The maximum absolute atomic E-state index is 12.5. The van der Waals surface area contributed by atoms with Crippen LogP contribution in [0.5, 0.6) is 0 Å². The first kappa shape index (κ1) is 13.8. The number of sulfonamides is 1. The molecule has 5 heteroatoms. The lowest BCUT2D eigenvalue weighted by Crippen LogP contribution is -2.41. The smallest absolute Gasteiger partial charge is 0.214 e. The highest BCUT2D eigenvalue weighted by Gasteiger charge is 2.40. The molecule has 19 heavy (non-hydrogen) atoms. The van der Waals surface area contributed by atoms with E-state index in [1.807, 2.05) is 0 Å². The van der Waals surface area contributed by atoms with Crippen molar-refractivity contribution in [3.63, 3.8) is 0 Å². The van der Waals surface area contributed by atoms with Gasteiger partial charge in [0.25, 0.3) is 0 Å². The van der Waals surface area contributed by atoms with Gasteiger partial charge in [0.2, 0.25) is 10.0 Å². The SMILES string of the molecule is O=S(=O)(CC1CCCCC1)N1CC2CCCNC2C1. The van der Waals surface area contributed by atoms with Gasteiger partial charge in [-0.15, -0.1) is 0 Å². The highest BCUT2D eigenvalue weighted by molar-refractivity contribution is 7.89. The molecule has 2 aliphatic heterocycles. The Morgan fingerprint density at radius 3 is 2.53 bits per heavy atom. The summed E-state index contributed by atoms with van der Waals surface area (Å²) in [6.45, 7) is 2.52. The van der Waals surface area contributed by atoms with E-state index in [0.717, 1.165) is 25.9 Å². The van der Waals surface area contributed by atoms with Crippen LogP contribution in [0.4, 0.5) is 0 Å². The minimum atomic E-state index is -3.02. The Balaban J connectivity index is 1.60. The lowest BCUT2D eigenvalue weighted by molar-refractivity contribution is 0.339. The Labute approximate surface area is 117 Å². The molecule has 0 spiro atoms. The summed E-state index contributed by atoms with van der Waals surface area (Å²) in [5.74, 6) is 1.36. The molecule has 4 nitrogen and oxygen atoms in total. The molecule has 0 aromatic rings. The molecule has 0 aromatic carbocycles. The average molecular weight is 286 g/mol. The minimum absolute atomic E-state index is 0.395. The van der Waals surface area contributed by atoms with E-state index in [0.29, 0.717) is 30.2 Å². The van der Waals surface area contributed by atoms with Crippen LogP contribution in [-0.2, 0) is 10.0 Å². The van der Waals surface area contributed by atoms with Crippen LogP contribution in [-0.4, -0.2) is 44.2 Å². The third-order valence-corrected chi connectivity index (χ3v) is 7.11. The van der Waals surface area contributed by atoms with E-state index in [2.05, 4.69) is 5.32 Å². The van der Waals surface area contributed by atoms with E-state index in [-0.39, 0.29) is 0 Å². The lowest BCUT2D eigenvalue weighted by Gasteiger charge is -2.24. The molecule has 3 aliphatic rings. The number of fused-ring (bicyclic) bond motifs is 1. The van der Waals surface area contributed by atoms with Crippen LogP contribution in [0, 0.1) is 11.8 Å². The van der Waals surface area contributed by atoms with Crippen molar-refractivity contribution in [3.8, 4) is 0 Å². The Morgan fingerprint density at radius 1 is 1.00 bits per heavy atom. The molecule has 1 saturated carbocycles. The highest BCUT2D eigenvalue weighted by atomic mass is 32.2. The highest BCUT2D eigenvalue weighted by Crippen LogP contribution is 2.30. The predicted molar refractivity (Wildman–Crippen MR) is 76.4 cm³/mol. The fourth-order valence-electron chi connectivity index (χ4n) is 3.99. The molecule has 1 N–H and O–H groups in total. The summed E-state index contributed by atoms with van der Waals surface area (Å²) in [7, 11) is -3.02. The van der Waals surface area contributed by atoms with Crippen LogP contribution in [0.3, 0.4) is 0 Å². The number of hydrogen-bond donors (Lipinski definition) is 1. The molecular formula is C14H26N2O2S. The Hall–Kier alpha value is -0.130. The molecule has 2 atom stereocenters. The van der Waals surface area contributed by atoms with Crippen molar-refractivity contribution in [2.45, 2.75) is 51.0 Å². The zero-order valence-electron chi connectivity index (χ0n) is 11.7. The molecule has 0 radical (unpaired) electrons. The normalized spacial score (nSPS) is 34.3. The van der Waals surface area contributed by atoms with Gasteiger partial charge in [-0.1, -0.05) is 19.3 Å². The standard InChI is InChI=1S/C14H26N2O2S/c17-19(18,11-12-5-2-1-3-6-12)16-9-13-7-4-8-15-14(13)10-16/h12-15H,1-11H2. The molecule has 0 aromatic heterocycles. The molecule has 3 rings (SSSR count). The average Bonchev–Trinajstić information content (AvgIpc) is 2.84. The number of rotatable bonds is 3. The first-order chi connectivity index (χ1) is 9.15. The third-order valence-electron chi connectivity index (χ3n) is 5.13. The van der Waals surface area contributed by atoms with E-state index in [9.17, 15) is 8.42 Å². The van der Waals surface area contributed by atoms with Gasteiger partial charge in [0.1, 0.15) is 0 Å². The number of nitrogens with one attached hydrogen (secondary N) is 1. The van der Waals surface area contributed by atoms with Gasteiger partial charge in [0.15, 0.2) is 0 Å². The van der Waals surface area contributed by atoms with E-state index in [4.69, 9.17) is 0 Å². The second-order valence-electron chi connectivity index (χ2n) is 6.56. The van der Waals surface area contributed by atoms with Crippen LogP contribution in [0.1, 0.15) is 44.9 Å². The van der Waals surface area contributed by atoms with Gasteiger partial charge in [-0.3, -0.25) is 0 Å². The lowest BCUT2D eigenvalue weighted by atomic mass is 9.91. The summed E-state index contributed by atoms with van der Waals surface area (Å²) < 4.78 is 26.9. The van der Waals surface area contributed by atoms with Crippen LogP contribution >= 0.6 is 0 Å². The monoisotopic (exact) mass is 286 g/mol. The summed E-state index contributed by atoms with van der Waals surface area (Å²) in [6.07, 6.45) is 8.31. The first-order valence-electron chi connectivity index (χ1n) is 7.86. The van der Waals surface area contributed by atoms with Crippen molar-refractivity contribution in [3.05, 3.63) is 0 Å². The van der Waals surface area contributed by atoms with Crippen molar-refractivity contribution < 1.29 is 8.42 Å². The molecular weight excluding hydrogens is 260 g/mol. The van der Waals surface area contributed by atoms with Gasteiger partial charge in [-0.25, -0.2) is 12.7 Å². The summed E-state index contributed by atoms with van der Waals surface area (Å²) in [5.41, 5.74) is 0. The summed E-state index contributed by atoms with van der Waals surface area (Å²) in [4.78, 5) is 0. The zero-order chi connectivity index (χ0) is 13.3. The maximum atomic E-state index is 12.5. The molecule has 2 heterocycles.